The van der Waals surface area contributed by atoms with Gasteiger partial charge in [-0.15, -0.1) is 12.4 Å². The summed E-state index contributed by atoms with van der Waals surface area (Å²) in [6.07, 6.45) is 0.664. The van der Waals surface area contributed by atoms with Crippen molar-refractivity contribution in [2.24, 2.45) is 17.6 Å². The van der Waals surface area contributed by atoms with Crippen LogP contribution in [0.3, 0.4) is 0 Å². The summed E-state index contributed by atoms with van der Waals surface area (Å²) in [4.78, 5) is 13.9. The smallest absolute Gasteiger partial charge is 0.226 e. The molecule has 1 aromatic carbocycles. The van der Waals surface area contributed by atoms with E-state index in [0.717, 1.165) is 12.1 Å². The highest BCUT2D eigenvalue weighted by Crippen LogP contribution is 2.16. The summed E-state index contributed by atoms with van der Waals surface area (Å²) < 4.78 is 37.6. The summed E-state index contributed by atoms with van der Waals surface area (Å²) in [5, 5.41) is 0. The van der Waals surface area contributed by atoms with Crippen LogP contribution in [-0.2, 0) is 14.6 Å². The van der Waals surface area contributed by atoms with E-state index in [1.807, 2.05) is 13.8 Å². The van der Waals surface area contributed by atoms with Gasteiger partial charge in [-0.25, -0.2) is 12.8 Å². The van der Waals surface area contributed by atoms with Gasteiger partial charge >= 0.3 is 0 Å². The quantitative estimate of drug-likeness (QED) is 0.687. The van der Waals surface area contributed by atoms with Crippen molar-refractivity contribution < 1.29 is 17.6 Å². The van der Waals surface area contributed by atoms with Gasteiger partial charge in [-0.3, -0.25) is 4.79 Å². The second kappa shape index (κ2) is 10.1. The van der Waals surface area contributed by atoms with Gasteiger partial charge in [0.25, 0.3) is 0 Å². The molecular formula is C17H28ClFN2O3S. The predicted octanol–water partition coefficient (Wildman–Crippen LogP) is 2.49. The zero-order chi connectivity index (χ0) is 18.5. The van der Waals surface area contributed by atoms with Crippen molar-refractivity contribution in [2.45, 2.75) is 38.1 Å². The number of carbonyl (C=O) groups is 1. The maximum absolute atomic E-state index is 12.9. The average Bonchev–Trinajstić information content (AvgIpc) is 2.51. The number of sulfone groups is 1. The maximum atomic E-state index is 12.9. The Morgan fingerprint density at radius 1 is 1.20 bits per heavy atom. The van der Waals surface area contributed by atoms with Gasteiger partial charge < -0.3 is 10.6 Å². The lowest BCUT2D eigenvalue weighted by atomic mass is 10.0. The number of benzene rings is 1. The fourth-order valence-electron chi connectivity index (χ4n) is 2.30. The van der Waals surface area contributed by atoms with E-state index >= 15 is 0 Å². The molecule has 2 N–H and O–H groups in total. The number of hydrogen-bond acceptors (Lipinski definition) is 4. The third-order valence-corrected chi connectivity index (χ3v) is 6.02. The highest BCUT2D eigenvalue weighted by atomic mass is 35.5. The number of nitrogens with two attached hydrogens (primary N) is 1. The molecule has 0 saturated carbocycles. The Kier molecular flexibility index (Phi) is 9.61. The Hall–Kier alpha value is -1.18. The summed E-state index contributed by atoms with van der Waals surface area (Å²) in [6.45, 7) is 6.11. The molecule has 0 aliphatic heterocycles. The van der Waals surface area contributed by atoms with Crippen molar-refractivity contribution in [1.29, 1.82) is 0 Å². The highest BCUT2D eigenvalue weighted by molar-refractivity contribution is 7.91. The van der Waals surface area contributed by atoms with Crippen LogP contribution in [0.15, 0.2) is 29.2 Å². The van der Waals surface area contributed by atoms with Crippen LogP contribution >= 0.6 is 12.4 Å². The van der Waals surface area contributed by atoms with Gasteiger partial charge in [-0.2, -0.15) is 0 Å². The van der Waals surface area contributed by atoms with Gasteiger partial charge in [0.1, 0.15) is 5.82 Å². The van der Waals surface area contributed by atoms with Gasteiger partial charge in [0.15, 0.2) is 9.84 Å². The molecule has 144 valence electrons. The molecule has 1 aromatic rings. The van der Waals surface area contributed by atoms with Crippen LogP contribution < -0.4 is 5.73 Å². The van der Waals surface area contributed by atoms with Gasteiger partial charge in [-0.05, 0) is 36.6 Å². The Balaban J connectivity index is 0.00000576. The largest absolute Gasteiger partial charge is 0.345 e. The lowest BCUT2D eigenvalue weighted by Gasteiger charge is -2.24. The lowest BCUT2D eigenvalue weighted by molar-refractivity contribution is -0.133. The summed E-state index contributed by atoms with van der Waals surface area (Å²) in [6, 6.07) is 4.62. The molecule has 2 unspecified atom stereocenters. The third-order valence-electron chi connectivity index (χ3n) is 4.09. The van der Waals surface area contributed by atoms with Gasteiger partial charge in [-0.1, -0.05) is 20.8 Å². The Labute approximate surface area is 156 Å². The molecule has 0 aliphatic rings. The number of nitrogens with zero attached hydrogens (tertiary/aromatic N) is 1. The summed E-state index contributed by atoms with van der Waals surface area (Å²) in [7, 11) is -1.99. The molecule has 0 saturated heterocycles. The second-order valence-corrected chi connectivity index (χ2v) is 8.63. The maximum Gasteiger partial charge on any atom is 0.226 e. The normalized spacial score (nSPS) is 13.9. The number of carbonyl (C=O) groups excluding carboxylic acids is 1. The lowest BCUT2D eigenvalue weighted by Crippen LogP contribution is -2.38. The van der Waals surface area contributed by atoms with Crippen molar-refractivity contribution >= 4 is 28.2 Å². The van der Waals surface area contributed by atoms with Crippen LogP contribution in [0.4, 0.5) is 4.39 Å². The topological polar surface area (TPSA) is 80.5 Å². The molecule has 2 atom stereocenters. The highest BCUT2D eigenvalue weighted by Gasteiger charge is 2.25. The molecule has 8 heteroatoms. The molecular weight excluding hydrogens is 367 g/mol. The van der Waals surface area contributed by atoms with E-state index in [9.17, 15) is 17.6 Å². The van der Waals surface area contributed by atoms with Gasteiger partial charge in [0, 0.05) is 25.6 Å². The average molecular weight is 395 g/mol. The molecule has 0 spiro atoms. The Morgan fingerprint density at radius 3 is 2.20 bits per heavy atom. The van der Waals surface area contributed by atoms with Crippen LogP contribution in [0.2, 0.25) is 0 Å². The van der Waals surface area contributed by atoms with E-state index in [1.165, 1.54) is 17.0 Å². The van der Waals surface area contributed by atoms with Crippen molar-refractivity contribution in [1.82, 2.24) is 4.90 Å². The van der Waals surface area contributed by atoms with Crippen molar-refractivity contribution in [2.75, 3.05) is 19.3 Å². The molecule has 5 nitrogen and oxygen atoms in total. The fraction of sp³-hybridized carbons (Fsp3) is 0.588. The molecule has 1 amide bonds. The van der Waals surface area contributed by atoms with Crippen LogP contribution in [0.5, 0.6) is 0 Å². The number of amides is 1. The van der Waals surface area contributed by atoms with Crippen molar-refractivity contribution in [3.8, 4) is 0 Å². The third kappa shape index (κ3) is 7.30. The first kappa shape index (κ1) is 23.8. The summed E-state index contributed by atoms with van der Waals surface area (Å²) in [5.41, 5.74) is 5.97. The molecule has 25 heavy (non-hydrogen) atoms. The van der Waals surface area contributed by atoms with Crippen molar-refractivity contribution in [3.63, 3.8) is 0 Å². The SMILES string of the molecule is CC(CS(=O)(=O)c1ccc(F)cc1)C(=O)N(C)CCC(N)C(C)C.Cl. The minimum absolute atomic E-state index is 0. The second-order valence-electron chi connectivity index (χ2n) is 6.59. The minimum Gasteiger partial charge on any atom is -0.345 e. The monoisotopic (exact) mass is 394 g/mol. The first-order valence-corrected chi connectivity index (χ1v) is 9.68. The van der Waals surface area contributed by atoms with E-state index in [-0.39, 0.29) is 35.0 Å². The first-order valence-electron chi connectivity index (χ1n) is 8.03. The predicted molar refractivity (Wildman–Crippen MR) is 99.9 cm³/mol. The van der Waals surface area contributed by atoms with E-state index in [2.05, 4.69) is 0 Å². The molecule has 1 rings (SSSR count). The standard InChI is InChI=1S/C17H27FN2O3S.ClH/c1-12(2)16(19)9-10-20(4)17(21)13(3)11-24(22,23)15-7-5-14(18)6-8-15;/h5-8,12-13,16H,9-11,19H2,1-4H3;1H. The van der Waals surface area contributed by atoms with Crippen LogP contribution in [0.25, 0.3) is 0 Å². The Morgan fingerprint density at radius 2 is 1.72 bits per heavy atom. The molecule has 0 heterocycles. The van der Waals surface area contributed by atoms with Crippen molar-refractivity contribution in [3.05, 3.63) is 30.1 Å². The molecule has 0 bridgehead atoms. The number of halogens is 2. The van der Waals surface area contributed by atoms with Gasteiger partial charge in [0.05, 0.1) is 10.6 Å². The summed E-state index contributed by atoms with van der Waals surface area (Å²) in [5.74, 6) is -1.40. The first-order chi connectivity index (χ1) is 11.0. The van der Waals surface area contributed by atoms with E-state index in [1.54, 1.807) is 14.0 Å². The van der Waals surface area contributed by atoms with E-state index < -0.39 is 21.6 Å². The molecule has 0 fully saturated rings. The molecule has 0 radical (unpaired) electrons. The van der Waals surface area contributed by atoms with E-state index in [0.29, 0.717) is 18.9 Å². The van der Waals surface area contributed by atoms with Crippen LogP contribution in [-0.4, -0.2) is 44.6 Å². The van der Waals surface area contributed by atoms with Crippen LogP contribution in [0.1, 0.15) is 27.2 Å². The summed E-state index contributed by atoms with van der Waals surface area (Å²) >= 11 is 0. The number of rotatable bonds is 8. The molecule has 0 aromatic heterocycles. The van der Waals surface area contributed by atoms with Crippen LogP contribution in [0, 0.1) is 17.7 Å². The number of hydrogen-bond donors (Lipinski definition) is 1. The van der Waals surface area contributed by atoms with E-state index in [4.69, 9.17) is 5.73 Å². The Bertz CT molecular complexity index is 650. The zero-order valence-electron chi connectivity index (χ0n) is 15.1. The molecule has 0 aliphatic carbocycles. The zero-order valence-corrected chi connectivity index (χ0v) is 16.7. The van der Waals surface area contributed by atoms with Gasteiger partial charge in [0.2, 0.25) is 5.91 Å². The fourth-order valence-corrected chi connectivity index (χ4v) is 3.85. The minimum atomic E-state index is -3.64.